The molecule has 0 aromatic carbocycles. The number of allylic oxidation sites excluding steroid dienone is 8. The zero-order valence-electron chi connectivity index (χ0n) is 52.5. The highest BCUT2D eigenvalue weighted by Gasteiger charge is 2.19. The summed E-state index contributed by atoms with van der Waals surface area (Å²) in [5.41, 5.74) is 0. The molecule has 6 nitrogen and oxygen atoms in total. The van der Waals surface area contributed by atoms with Crippen LogP contribution in [0.15, 0.2) is 48.6 Å². The van der Waals surface area contributed by atoms with Crippen molar-refractivity contribution < 1.29 is 28.6 Å². The van der Waals surface area contributed by atoms with E-state index < -0.39 is 6.10 Å². The van der Waals surface area contributed by atoms with Gasteiger partial charge in [-0.1, -0.05) is 345 Å². The standard InChI is InChI=1S/C72H132O6/c1-4-7-10-13-16-19-21-23-25-27-29-31-32-33-34-35-36-37-38-39-40-42-43-45-47-49-51-53-56-59-62-65-71(74)77-68-69(67-76-70(73)64-61-58-55-18-15-12-9-6-3)78-72(75)66-63-60-57-54-52-50-48-46-44-41-30-28-26-24-22-20-17-14-11-8-5-2/h7,10,16,19,23,25,29,31,69H,4-6,8-9,11-15,17-18,20-22,24,26-28,30,32-68H2,1-3H3/b10-7-,19-16-,25-23-,31-29-. The molecule has 0 heterocycles. The Hall–Kier alpha value is -2.63. The lowest BCUT2D eigenvalue weighted by Gasteiger charge is -2.18. The van der Waals surface area contributed by atoms with Gasteiger partial charge in [-0.15, -0.1) is 0 Å². The summed E-state index contributed by atoms with van der Waals surface area (Å²) in [6, 6.07) is 0. The number of carbonyl (C=O) groups excluding carboxylic acids is 3. The topological polar surface area (TPSA) is 78.9 Å². The highest BCUT2D eigenvalue weighted by Crippen LogP contribution is 2.18. The molecular weight excluding hydrogens is 961 g/mol. The number of hydrogen-bond donors (Lipinski definition) is 0. The third-order valence-corrected chi connectivity index (χ3v) is 15.6. The second-order valence-corrected chi connectivity index (χ2v) is 23.4. The van der Waals surface area contributed by atoms with Crippen LogP contribution in [0.5, 0.6) is 0 Å². The maximum absolute atomic E-state index is 12.9. The molecule has 0 aliphatic heterocycles. The summed E-state index contributed by atoms with van der Waals surface area (Å²) in [5, 5.41) is 0. The summed E-state index contributed by atoms with van der Waals surface area (Å²) in [6.07, 6.45) is 84.5. The van der Waals surface area contributed by atoms with Crippen LogP contribution >= 0.6 is 0 Å². The van der Waals surface area contributed by atoms with Crippen molar-refractivity contribution >= 4 is 17.9 Å². The molecule has 0 aliphatic rings. The molecule has 0 aromatic heterocycles. The molecule has 0 rings (SSSR count). The Balaban J connectivity index is 4.04. The first-order valence-corrected chi connectivity index (χ1v) is 34.6. The Labute approximate surface area is 486 Å². The quantitative estimate of drug-likeness (QED) is 0.0261. The van der Waals surface area contributed by atoms with Gasteiger partial charge in [0.2, 0.25) is 0 Å². The second kappa shape index (κ2) is 66.9. The Kier molecular flexibility index (Phi) is 64.6. The van der Waals surface area contributed by atoms with Gasteiger partial charge < -0.3 is 14.2 Å². The maximum Gasteiger partial charge on any atom is 0.306 e. The fourth-order valence-corrected chi connectivity index (χ4v) is 10.4. The fraction of sp³-hybridized carbons (Fsp3) is 0.847. The molecular formula is C72H132O6. The number of unbranched alkanes of at least 4 members (excludes halogenated alkanes) is 45. The monoisotopic (exact) mass is 1090 g/mol. The van der Waals surface area contributed by atoms with Crippen LogP contribution in [-0.4, -0.2) is 37.2 Å². The number of rotatable bonds is 64. The summed E-state index contributed by atoms with van der Waals surface area (Å²) in [4.78, 5) is 38.2. The predicted octanol–water partition coefficient (Wildman–Crippen LogP) is 23.7. The SMILES string of the molecule is CC/C=C\C/C=C\C/C=C\C/C=C\CCCCCCCCCCCCCCCCCCCCC(=O)OCC(COC(=O)CCCCCCCCCC)OC(=O)CCCCCCCCCCCCCCCCCCCCCCC. The van der Waals surface area contributed by atoms with E-state index in [9.17, 15) is 14.4 Å². The average molecular weight is 1090 g/mol. The highest BCUT2D eigenvalue weighted by atomic mass is 16.6. The molecule has 0 saturated carbocycles. The molecule has 0 bridgehead atoms. The lowest BCUT2D eigenvalue weighted by Crippen LogP contribution is -2.30. The molecule has 78 heavy (non-hydrogen) atoms. The number of carbonyl (C=O) groups is 3. The smallest absolute Gasteiger partial charge is 0.306 e. The molecule has 456 valence electrons. The van der Waals surface area contributed by atoms with Gasteiger partial charge in [0.25, 0.3) is 0 Å². The normalized spacial score (nSPS) is 12.3. The molecule has 0 radical (unpaired) electrons. The zero-order valence-corrected chi connectivity index (χ0v) is 52.5. The Morgan fingerprint density at radius 2 is 0.500 bits per heavy atom. The van der Waals surface area contributed by atoms with E-state index in [1.54, 1.807) is 0 Å². The first kappa shape index (κ1) is 75.4. The van der Waals surface area contributed by atoms with E-state index in [2.05, 4.69) is 69.4 Å². The minimum Gasteiger partial charge on any atom is -0.462 e. The van der Waals surface area contributed by atoms with Crippen LogP contribution in [0.1, 0.15) is 374 Å². The van der Waals surface area contributed by atoms with Crippen LogP contribution in [0, 0.1) is 0 Å². The number of esters is 3. The van der Waals surface area contributed by atoms with Gasteiger partial charge in [0.1, 0.15) is 13.2 Å². The van der Waals surface area contributed by atoms with E-state index in [0.717, 1.165) is 83.5 Å². The van der Waals surface area contributed by atoms with E-state index in [1.165, 1.54) is 250 Å². The molecule has 0 amide bonds. The van der Waals surface area contributed by atoms with Crippen LogP contribution in [-0.2, 0) is 28.6 Å². The van der Waals surface area contributed by atoms with Gasteiger partial charge in [-0.3, -0.25) is 14.4 Å². The van der Waals surface area contributed by atoms with Crippen molar-refractivity contribution in [3.63, 3.8) is 0 Å². The molecule has 0 aliphatic carbocycles. The van der Waals surface area contributed by atoms with Gasteiger partial charge in [-0.25, -0.2) is 0 Å². The van der Waals surface area contributed by atoms with Crippen molar-refractivity contribution in [2.45, 2.75) is 380 Å². The lowest BCUT2D eigenvalue weighted by molar-refractivity contribution is -0.167. The number of ether oxygens (including phenoxy) is 3. The van der Waals surface area contributed by atoms with Crippen molar-refractivity contribution in [3.05, 3.63) is 48.6 Å². The molecule has 0 aromatic rings. The third-order valence-electron chi connectivity index (χ3n) is 15.6. The van der Waals surface area contributed by atoms with Crippen LogP contribution in [0.25, 0.3) is 0 Å². The van der Waals surface area contributed by atoms with Crippen LogP contribution in [0.3, 0.4) is 0 Å². The van der Waals surface area contributed by atoms with Crippen molar-refractivity contribution in [1.29, 1.82) is 0 Å². The predicted molar refractivity (Wildman–Crippen MR) is 339 cm³/mol. The lowest BCUT2D eigenvalue weighted by atomic mass is 10.0. The van der Waals surface area contributed by atoms with Gasteiger partial charge in [0.15, 0.2) is 6.10 Å². The van der Waals surface area contributed by atoms with Crippen molar-refractivity contribution in [2.75, 3.05) is 13.2 Å². The second-order valence-electron chi connectivity index (χ2n) is 23.4. The molecule has 0 spiro atoms. The first-order chi connectivity index (χ1) is 38.5. The van der Waals surface area contributed by atoms with Gasteiger partial charge in [0.05, 0.1) is 0 Å². The van der Waals surface area contributed by atoms with Crippen LogP contribution in [0.4, 0.5) is 0 Å². The molecule has 1 atom stereocenters. The molecule has 0 N–H and O–H groups in total. The fourth-order valence-electron chi connectivity index (χ4n) is 10.4. The summed E-state index contributed by atoms with van der Waals surface area (Å²) in [5.74, 6) is -0.843. The summed E-state index contributed by atoms with van der Waals surface area (Å²) in [6.45, 7) is 6.57. The van der Waals surface area contributed by atoms with E-state index in [0.29, 0.717) is 19.3 Å². The summed E-state index contributed by atoms with van der Waals surface area (Å²) >= 11 is 0. The average Bonchev–Trinajstić information content (AvgIpc) is 3.44. The Bertz CT molecular complexity index is 1350. The third kappa shape index (κ3) is 64.2. The molecule has 0 saturated heterocycles. The Morgan fingerprint density at radius 1 is 0.269 bits per heavy atom. The van der Waals surface area contributed by atoms with E-state index in [4.69, 9.17) is 14.2 Å². The number of hydrogen-bond acceptors (Lipinski definition) is 6. The van der Waals surface area contributed by atoms with Gasteiger partial charge in [0, 0.05) is 19.3 Å². The highest BCUT2D eigenvalue weighted by molar-refractivity contribution is 5.71. The largest absolute Gasteiger partial charge is 0.462 e. The molecule has 1 unspecified atom stereocenters. The van der Waals surface area contributed by atoms with E-state index in [1.807, 2.05) is 0 Å². The van der Waals surface area contributed by atoms with Crippen LogP contribution < -0.4 is 0 Å². The van der Waals surface area contributed by atoms with Gasteiger partial charge in [-0.2, -0.15) is 0 Å². The van der Waals surface area contributed by atoms with Crippen LogP contribution in [0.2, 0.25) is 0 Å². The summed E-state index contributed by atoms with van der Waals surface area (Å²) in [7, 11) is 0. The van der Waals surface area contributed by atoms with Crippen molar-refractivity contribution in [1.82, 2.24) is 0 Å². The zero-order chi connectivity index (χ0) is 56.4. The molecule has 6 heteroatoms. The van der Waals surface area contributed by atoms with Gasteiger partial charge in [-0.05, 0) is 57.8 Å². The van der Waals surface area contributed by atoms with Crippen molar-refractivity contribution in [2.24, 2.45) is 0 Å². The summed E-state index contributed by atoms with van der Waals surface area (Å²) < 4.78 is 16.9. The minimum atomic E-state index is -0.766. The Morgan fingerprint density at radius 3 is 0.782 bits per heavy atom. The maximum atomic E-state index is 12.9. The first-order valence-electron chi connectivity index (χ1n) is 34.6. The minimum absolute atomic E-state index is 0.0659. The molecule has 0 fully saturated rings. The van der Waals surface area contributed by atoms with E-state index in [-0.39, 0.29) is 31.1 Å². The van der Waals surface area contributed by atoms with Crippen molar-refractivity contribution in [3.8, 4) is 0 Å². The van der Waals surface area contributed by atoms with Gasteiger partial charge >= 0.3 is 17.9 Å². The van der Waals surface area contributed by atoms with E-state index >= 15 is 0 Å².